The SMILES string of the molecule is C=CC(=O)Cc1ccc2c(-c3ccccc3CNc3cc(C4CC4)nc4c(C(C)C)cnn34)nccc2c1. The minimum atomic E-state index is 0.0165. The Balaban J connectivity index is 1.35. The molecular weight excluding hydrogens is 470 g/mol. The number of ketones is 1. The fraction of sp³-hybridized carbons (Fsp3) is 0.250. The van der Waals surface area contributed by atoms with Crippen LogP contribution in [0.3, 0.4) is 0 Å². The van der Waals surface area contributed by atoms with Crippen LogP contribution in [0.4, 0.5) is 5.82 Å². The molecule has 2 aromatic carbocycles. The lowest BCUT2D eigenvalue weighted by Crippen LogP contribution is -2.09. The van der Waals surface area contributed by atoms with Gasteiger partial charge in [-0.2, -0.15) is 9.61 Å². The van der Waals surface area contributed by atoms with Gasteiger partial charge in [-0.15, -0.1) is 0 Å². The first kappa shape index (κ1) is 24.0. The highest BCUT2D eigenvalue weighted by Crippen LogP contribution is 2.40. The highest BCUT2D eigenvalue weighted by Gasteiger charge is 2.27. The molecule has 3 heterocycles. The summed E-state index contributed by atoms with van der Waals surface area (Å²) in [7, 11) is 0. The third-order valence-corrected chi connectivity index (χ3v) is 7.30. The smallest absolute Gasteiger partial charge is 0.161 e. The maximum atomic E-state index is 11.9. The van der Waals surface area contributed by atoms with E-state index in [1.54, 1.807) is 0 Å². The molecular formula is C32H31N5O. The minimum absolute atomic E-state index is 0.0165. The number of allylic oxidation sites excluding steroid dienone is 1. The molecule has 0 atom stereocenters. The van der Waals surface area contributed by atoms with Crippen molar-refractivity contribution >= 4 is 28.0 Å². The van der Waals surface area contributed by atoms with Crippen LogP contribution >= 0.6 is 0 Å². The van der Waals surface area contributed by atoms with Crippen LogP contribution in [-0.4, -0.2) is 25.4 Å². The van der Waals surface area contributed by atoms with E-state index in [9.17, 15) is 4.79 Å². The van der Waals surface area contributed by atoms with E-state index in [1.807, 2.05) is 29.0 Å². The number of aromatic nitrogens is 4. The monoisotopic (exact) mass is 501 g/mol. The fourth-order valence-corrected chi connectivity index (χ4v) is 5.04. The number of pyridine rings is 1. The summed E-state index contributed by atoms with van der Waals surface area (Å²) in [4.78, 5) is 21.6. The molecule has 3 aromatic heterocycles. The average Bonchev–Trinajstić information content (AvgIpc) is 3.69. The topological polar surface area (TPSA) is 72.2 Å². The van der Waals surface area contributed by atoms with Crippen LogP contribution in [-0.2, 0) is 17.8 Å². The summed E-state index contributed by atoms with van der Waals surface area (Å²) in [6.45, 7) is 8.58. The van der Waals surface area contributed by atoms with Gasteiger partial charge in [0.15, 0.2) is 11.4 Å². The second kappa shape index (κ2) is 9.86. The highest BCUT2D eigenvalue weighted by atomic mass is 16.1. The van der Waals surface area contributed by atoms with Gasteiger partial charge in [-0.25, -0.2) is 4.98 Å². The Morgan fingerprint density at radius 2 is 2.00 bits per heavy atom. The minimum Gasteiger partial charge on any atom is -0.366 e. The summed E-state index contributed by atoms with van der Waals surface area (Å²) in [5.74, 6) is 1.88. The maximum Gasteiger partial charge on any atom is 0.161 e. The Labute approximate surface area is 222 Å². The Morgan fingerprint density at radius 3 is 2.79 bits per heavy atom. The number of rotatable bonds is 9. The van der Waals surface area contributed by atoms with E-state index in [4.69, 9.17) is 9.97 Å². The van der Waals surface area contributed by atoms with E-state index >= 15 is 0 Å². The van der Waals surface area contributed by atoms with Gasteiger partial charge in [-0.1, -0.05) is 62.9 Å². The van der Waals surface area contributed by atoms with Crippen molar-refractivity contribution in [1.29, 1.82) is 0 Å². The number of carbonyl (C=O) groups is 1. The molecule has 0 bridgehead atoms. The number of nitrogens with one attached hydrogen (secondary N) is 1. The summed E-state index contributed by atoms with van der Waals surface area (Å²) in [5.41, 5.74) is 7.40. The van der Waals surface area contributed by atoms with Crippen molar-refractivity contribution in [3.63, 3.8) is 0 Å². The molecule has 1 fully saturated rings. The molecule has 1 saturated carbocycles. The predicted molar refractivity (Wildman–Crippen MR) is 152 cm³/mol. The molecule has 1 aliphatic rings. The summed E-state index contributed by atoms with van der Waals surface area (Å²) in [5, 5.41) is 10.5. The van der Waals surface area contributed by atoms with Gasteiger partial charge in [0.2, 0.25) is 0 Å². The van der Waals surface area contributed by atoms with E-state index in [0.717, 1.165) is 50.3 Å². The lowest BCUT2D eigenvalue weighted by atomic mass is 9.97. The molecule has 0 radical (unpaired) electrons. The van der Waals surface area contributed by atoms with Crippen LogP contribution in [0.5, 0.6) is 0 Å². The third kappa shape index (κ3) is 4.58. The number of nitrogens with zero attached hydrogens (tertiary/aromatic N) is 4. The van der Waals surface area contributed by atoms with Gasteiger partial charge < -0.3 is 5.32 Å². The number of hydrogen-bond donors (Lipinski definition) is 1. The molecule has 0 unspecified atom stereocenters. The lowest BCUT2D eigenvalue weighted by Gasteiger charge is -2.15. The molecule has 0 amide bonds. The standard InChI is InChI=1S/C32H31N5O/c1-4-25(38)16-21-9-12-27-23(15-21)13-14-33-31(27)26-8-6-5-7-24(26)18-34-30-17-29(22-10-11-22)36-32-28(20(2)3)19-35-37(30)32/h4-9,12-15,17,19-20,22,34H,1,10-11,16,18H2,2-3H3. The summed E-state index contributed by atoms with van der Waals surface area (Å²) in [6.07, 6.45) is 7.92. The maximum absolute atomic E-state index is 11.9. The Kier molecular flexibility index (Phi) is 6.24. The summed E-state index contributed by atoms with van der Waals surface area (Å²) in [6, 6.07) is 18.7. The average molecular weight is 502 g/mol. The fourth-order valence-electron chi connectivity index (χ4n) is 5.04. The molecule has 5 aromatic rings. The normalized spacial score (nSPS) is 13.3. The van der Waals surface area contributed by atoms with Crippen LogP contribution in [0.15, 0.2) is 79.6 Å². The van der Waals surface area contributed by atoms with Crippen LogP contribution in [0.25, 0.3) is 27.7 Å². The molecule has 0 aliphatic heterocycles. The second-order valence-electron chi connectivity index (χ2n) is 10.4. The van der Waals surface area contributed by atoms with E-state index in [2.05, 4.69) is 73.3 Å². The quantitative estimate of drug-likeness (QED) is 0.224. The highest BCUT2D eigenvalue weighted by molar-refractivity contribution is 5.97. The van der Waals surface area contributed by atoms with Crippen molar-refractivity contribution in [2.45, 2.75) is 51.5 Å². The third-order valence-electron chi connectivity index (χ3n) is 7.30. The van der Waals surface area contributed by atoms with Gasteiger partial charge >= 0.3 is 0 Å². The summed E-state index contributed by atoms with van der Waals surface area (Å²) >= 11 is 0. The number of benzene rings is 2. The number of carbonyl (C=O) groups excluding carboxylic acids is 1. The van der Waals surface area contributed by atoms with Crippen molar-refractivity contribution in [2.24, 2.45) is 0 Å². The number of hydrogen-bond acceptors (Lipinski definition) is 5. The van der Waals surface area contributed by atoms with Gasteiger partial charge in [0.25, 0.3) is 0 Å². The van der Waals surface area contributed by atoms with Crippen molar-refractivity contribution in [3.8, 4) is 11.3 Å². The van der Waals surface area contributed by atoms with Gasteiger partial charge in [0, 0.05) is 53.4 Å². The molecule has 0 saturated heterocycles. The Hall–Kier alpha value is -4.32. The van der Waals surface area contributed by atoms with Crippen LogP contribution in [0, 0.1) is 0 Å². The molecule has 0 spiro atoms. The molecule has 6 rings (SSSR count). The summed E-state index contributed by atoms with van der Waals surface area (Å²) < 4.78 is 1.94. The zero-order valence-corrected chi connectivity index (χ0v) is 21.8. The second-order valence-corrected chi connectivity index (χ2v) is 10.4. The van der Waals surface area contributed by atoms with E-state index in [-0.39, 0.29) is 5.78 Å². The van der Waals surface area contributed by atoms with E-state index < -0.39 is 0 Å². The predicted octanol–water partition coefficient (Wildman–Crippen LogP) is 6.86. The Morgan fingerprint density at radius 1 is 1.16 bits per heavy atom. The van der Waals surface area contributed by atoms with Crippen LogP contribution in [0.1, 0.15) is 60.9 Å². The van der Waals surface area contributed by atoms with Gasteiger partial charge in [0.1, 0.15) is 5.82 Å². The van der Waals surface area contributed by atoms with Crippen molar-refractivity contribution < 1.29 is 4.79 Å². The lowest BCUT2D eigenvalue weighted by molar-refractivity contribution is -0.114. The van der Waals surface area contributed by atoms with Gasteiger partial charge in [-0.05, 0) is 47.4 Å². The molecule has 190 valence electrons. The zero-order valence-electron chi connectivity index (χ0n) is 21.8. The largest absolute Gasteiger partial charge is 0.366 e. The number of fused-ring (bicyclic) bond motifs is 2. The van der Waals surface area contributed by atoms with Crippen molar-refractivity contribution in [3.05, 3.63) is 102 Å². The Bertz CT molecular complexity index is 1680. The van der Waals surface area contributed by atoms with Crippen LogP contribution in [0.2, 0.25) is 0 Å². The van der Waals surface area contributed by atoms with Gasteiger partial charge in [-0.3, -0.25) is 9.78 Å². The molecule has 38 heavy (non-hydrogen) atoms. The van der Waals surface area contributed by atoms with Crippen LogP contribution < -0.4 is 5.32 Å². The molecule has 1 aliphatic carbocycles. The van der Waals surface area contributed by atoms with E-state index in [1.165, 1.54) is 24.5 Å². The van der Waals surface area contributed by atoms with Crippen molar-refractivity contribution in [1.82, 2.24) is 19.6 Å². The number of anilines is 1. The molecule has 6 heteroatoms. The first-order valence-electron chi connectivity index (χ1n) is 13.3. The first-order valence-corrected chi connectivity index (χ1v) is 13.3. The first-order chi connectivity index (χ1) is 18.5. The molecule has 6 nitrogen and oxygen atoms in total. The van der Waals surface area contributed by atoms with E-state index in [0.29, 0.717) is 24.8 Å². The molecule has 1 N–H and O–H groups in total. The zero-order chi connectivity index (χ0) is 26.2. The van der Waals surface area contributed by atoms with Crippen molar-refractivity contribution in [2.75, 3.05) is 5.32 Å². The van der Waals surface area contributed by atoms with Gasteiger partial charge in [0.05, 0.1) is 11.9 Å².